The molecule has 0 spiro atoms. The molecular weight excluding hydrogens is 326 g/mol. The summed E-state index contributed by atoms with van der Waals surface area (Å²) in [6, 6.07) is 21.9. The van der Waals surface area contributed by atoms with Crippen molar-refractivity contribution in [3.05, 3.63) is 84.1 Å². The molecular formula is C21H17N3O2. The molecule has 0 bridgehead atoms. The average molecular weight is 343 g/mol. The van der Waals surface area contributed by atoms with Crippen LogP contribution in [0.5, 0.6) is 5.75 Å². The number of aromatic hydroxyl groups is 1. The highest BCUT2D eigenvalue weighted by atomic mass is 16.3. The number of hydrogen-bond donors (Lipinski definition) is 3. The van der Waals surface area contributed by atoms with Gasteiger partial charge in [0.2, 0.25) is 0 Å². The number of nitrogens with one attached hydrogen (secondary N) is 2. The number of nitrogens with zero attached hydrogens (tertiary/aromatic N) is 1. The van der Waals surface area contributed by atoms with E-state index in [9.17, 15) is 15.2 Å². The van der Waals surface area contributed by atoms with E-state index in [-0.39, 0.29) is 11.3 Å². The highest BCUT2D eigenvalue weighted by molar-refractivity contribution is 6.11. The second kappa shape index (κ2) is 7.86. The quantitative estimate of drug-likeness (QED) is 0.487. The van der Waals surface area contributed by atoms with Crippen molar-refractivity contribution >= 4 is 22.4 Å². The first-order valence-corrected chi connectivity index (χ1v) is 8.08. The minimum Gasteiger partial charge on any atom is -0.507 e. The zero-order valence-corrected chi connectivity index (χ0v) is 13.9. The van der Waals surface area contributed by atoms with Gasteiger partial charge in [0.15, 0.2) is 0 Å². The van der Waals surface area contributed by atoms with Crippen LogP contribution in [0.3, 0.4) is 0 Å². The molecule has 0 atom stereocenters. The van der Waals surface area contributed by atoms with E-state index in [0.29, 0.717) is 23.0 Å². The fraction of sp³-hybridized carbons (Fsp3) is 0.0476. The summed E-state index contributed by atoms with van der Waals surface area (Å²) in [6.45, 7) is 0.515. The van der Waals surface area contributed by atoms with Gasteiger partial charge < -0.3 is 15.7 Å². The molecule has 26 heavy (non-hydrogen) atoms. The summed E-state index contributed by atoms with van der Waals surface area (Å²) in [5.74, 6) is -0.372. The van der Waals surface area contributed by atoms with E-state index < -0.39 is 5.91 Å². The van der Waals surface area contributed by atoms with Gasteiger partial charge >= 0.3 is 0 Å². The van der Waals surface area contributed by atoms with Crippen LogP contribution < -0.4 is 10.6 Å². The largest absolute Gasteiger partial charge is 0.507 e. The van der Waals surface area contributed by atoms with E-state index in [1.54, 1.807) is 36.4 Å². The number of phenolic OH excluding ortho intramolecular Hbond substituents is 1. The summed E-state index contributed by atoms with van der Waals surface area (Å²) in [4.78, 5) is 12.4. The van der Waals surface area contributed by atoms with Crippen LogP contribution in [0.1, 0.15) is 5.56 Å². The summed E-state index contributed by atoms with van der Waals surface area (Å²) in [6.07, 6.45) is 1.41. The average Bonchev–Trinajstić information content (AvgIpc) is 2.67. The third kappa shape index (κ3) is 3.82. The van der Waals surface area contributed by atoms with E-state index in [2.05, 4.69) is 10.6 Å². The van der Waals surface area contributed by atoms with Gasteiger partial charge in [0.1, 0.15) is 17.4 Å². The number of amides is 1. The third-order valence-electron chi connectivity index (χ3n) is 3.91. The number of anilines is 1. The molecule has 3 rings (SSSR count). The molecule has 3 N–H and O–H groups in total. The van der Waals surface area contributed by atoms with Gasteiger partial charge in [0, 0.05) is 29.2 Å². The fourth-order valence-electron chi connectivity index (χ4n) is 2.61. The summed E-state index contributed by atoms with van der Waals surface area (Å²) in [5, 5.41) is 26.2. The summed E-state index contributed by atoms with van der Waals surface area (Å²) >= 11 is 0. The number of rotatable bonds is 5. The molecule has 5 nitrogen and oxygen atoms in total. The lowest BCUT2D eigenvalue weighted by Crippen LogP contribution is -2.16. The minimum atomic E-state index is -0.510. The molecule has 5 heteroatoms. The fourth-order valence-corrected chi connectivity index (χ4v) is 2.61. The van der Waals surface area contributed by atoms with Gasteiger partial charge in [0.25, 0.3) is 5.91 Å². The molecule has 0 aliphatic rings. The Kier molecular flexibility index (Phi) is 5.16. The summed E-state index contributed by atoms with van der Waals surface area (Å²) < 4.78 is 0. The zero-order valence-electron chi connectivity index (χ0n) is 13.9. The van der Waals surface area contributed by atoms with Gasteiger partial charge in [-0.15, -0.1) is 0 Å². The van der Waals surface area contributed by atoms with E-state index in [1.165, 1.54) is 6.20 Å². The number of carbonyl (C=O) groups excluding carboxylic acids is 1. The number of carbonyl (C=O) groups is 1. The van der Waals surface area contributed by atoms with Crippen molar-refractivity contribution in [1.29, 1.82) is 5.26 Å². The Morgan fingerprint density at radius 3 is 2.50 bits per heavy atom. The molecule has 0 aliphatic heterocycles. The number of fused-ring (bicyclic) bond motifs is 1. The molecule has 3 aromatic carbocycles. The van der Waals surface area contributed by atoms with Crippen molar-refractivity contribution in [2.24, 2.45) is 0 Å². The highest BCUT2D eigenvalue weighted by Gasteiger charge is 2.11. The molecule has 0 radical (unpaired) electrons. The second-order valence-electron chi connectivity index (χ2n) is 5.67. The normalized spacial score (nSPS) is 11.0. The van der Waals surface area contributed by atoms with Crippen LogP contribution in [0.4, 0.5) is 5.69 Å². The van der Waals surface area contributed by atoms with Crippen LogP contribution in [0.2, 0.25) is 0 Å². The number of hydrogen-bond acceptors (Lipinski definition) is 4. The van der Waals surface area contributed by atoms with Gasteiger partial charge in [-0.3, -0.25) is 4.79 Å². The number of phenols is 1. The predicted octanol–water partition coefficient (Wildman–Crippen LogP) is 3.68. The Balaban J connectivity index is 1.75. The van der Waals surface area contributed by atoms with Crippen LogP contribution in [0.25, 0.3) is 10.8 Å². The van der Waals surface area contributed by atoms with Crippen molar-refractivity contribution in [2.75, 3.05) is 5.32 Å². The maximum absolute atomic E-state index is 12.4. The van der Waals surface area contributed by atoms with Crippen molar-refractivity contribution < 1.29 is 9.90 Å². The van der Waals surface area contributed by atoms with Crippen LogP contribution in [0, 0.1) is 11.3 Å². The Bertz CT molecular complexity index is 1000. The molecule has 0 unspecified atom stereocenters. The molecule has 0 saturated carbocycles. The molecule has 0 saturated heterocycles. The van der Waals surface area contributed by atoms with Crippen molar-refractivity contribution in [3.8, 4) is 11.8 Å². The highest BCUT2D eigenvalue weighted by Crippen LogP contribution is 2.29. The lowest BCUT2D eigenvalue weighted by atomic mass is 10.1. The Morgan fingerprint density at radius 2 is 1.73 bits per heavy atom. The van der Waals surface area contributed by atoms with Crippen LogP contribution in [-0.4, -0.2) is 11.0 Å². The monoisotopic (exact) mass is 343 g/mol. The number of nitriles is 1. The van der Waals surface area contributed by atoms with Crippen molar-refractivity contribution in [2.45, 2.75) is 6.54 Å². The SMILES string of the molecule is N#C/C(=C/NCc1ccccc1)C(=O)Nc1cccc2c(O)cccc12. The summed E-state index contributed by atoms with van der Waals surface area (Å²) in [5.41, 5.74) is 1.55. The van der Waals surface area contributed by atoms with Gasteiger partial charge in [0.05, 0.1) is 0 Å². The Hall–Kier alpha value is -3.78. The Morgan fingerprint density at radius 1 is 1.00 bits per heavy atom. The second-order valence-corrected chi connectivity index (χ2v) is 5.67. The zero-order chi connectivity index (χ0) is 18.4. The molecule has 0 fully saturated rings. The molecule has 128 valence electrons. The van der Waals surface area contributed by atoms with Gasteiger partial charge in [-0.05, 0) is 17.7 Å². The molecule has 0 heterocycles. The van der Waals surface area contributed by atoms with Crippen LogP contribution in [0.15, 0.2) is 78.5 Å². The maximum Gasteiger partial charge on any atom is 0.267 e. The minimum absolute atomic E-state index is 0.0295. The smallest absolute Gasteiger partial charge is 0.267 e. The van der Waals surface area contributed by atoms with E-state index in [4.69, 9.17) is 0 Å². The summed E-state index contributed by atoms with van der Waals surface area (Å²) in [7, 11) is 0. The molecule has 0 aliphatic carbocycles. The van der Waals surface area contributed by atoms with E-state index in [0.717, 1.165) is 5.56 Å². The van der Waals surface area contributed by atoms with Crippen molar-refractivity contribution in [3.63, 3.8) is 0 Å². The number of benzene rings is 3. The first-order chi connectivity index (χ1) is 12.7. The van der Waals surface area contributed by atoms with Crippen LogP contribution >= 0.6 is 0 Å². The maximum atomic E-state index is 12.4. The molecule has 1 amide bonds. The third-order valence-corrected chi connectivity index (χ3v) is 3.91. The first kappa shape index (κ1) is 17.1. The first-order valence-electron chi connectivity index (χ1n) is 8.08. The van der Waals surface area contributed by atoms with Crippen molar-refractivity contribution in [1.82, 2.24) is 5.32 Å². The molecule has 3 aromatic rings. The Labute approximate surface area is 151 Å². The standard InChI is InChI=1S/C21H17N3O2/c22-12-16(14-23-13-15-6-2-1-3-7-15)21(26)24-19-10-4-9-18-17(19)8-5-11-20(18)25/h1-11,14,23,25H,13H2,(H,24,26)/b16-14-. The van der Waals surface area contributed by atoms with E-state index >= 15 is 0 Å². The van der Waals surface area contributed by atoms with Crippen LogP contribution in [-0.2, 0) is 11.3 Å². The lowest BCUT2D eigenvalue weighted by Gasteiger charge is -2.09. The lowest BCUT2D eigenvalue weighted by molar-refractivity contribution is -0.112. The van der Waals surface area contributed by atoms with Gasteiger partial charge in [-0.1, -0.05) is 54.6 Å². The van der Waals surface area contributed by atoms with E-state index in [1.807, 2.05) is 36.4 Å². The van der Waals surface area contributed by atoms with Gasteiger partial charge in [-0.25, -0.2) is 0 Å². The topological polar surface area (TPSA) is 85.2 Å². The predicted molar refractivity (Wildman–Crippen MR) is 101 cm³/mol. The molecule has 0 aromatic heterocycles. The van der Waals surface area contributed by atoms with Gasteiger partial charge in [-0.2, -0.15) is 5.26 Å².